The number of hydrogen-bond acceptors (Lipinski definition) is 1. The maximum absolute atomic E-state index is 5.73. The summed E-state index contributed by atoms with van der Waals surface area (Å²) >= 11 is 0. The molecule has 0 saturated carbocycles. The van der Waals surface area contributed by atoms with Gasteiger partial charge in [0.2, 0.25) is 0 Å². The van der Waals surface area contributed by atoms with Crippen LogP contribution in [0.1, 0.15) is 26.7 Å². The van der Waals surface area contributed by atoms with E-state index in [0.29, 0.717) is 6.73 Å². The smallest absolute Gasteiger partial charge is 0.290 e. The molecule has 0 N–H and O–H groups in total. The lowest BCUT2D eigenvalue weighted by Gasteiger charge is -2.05. The highest BCUT2D eigenvalue weighted by Gasteiger charge is 2.17. The van der Waals surface area contributed by atoms with Crippen LogP contribution in [0.3, 0.4) is 0 Å². The molecule has 0 atom stereocenters. The Morgan fingerprint density at radius 3 is 2.55 bits per heavy atom. The molecule has 1 aromatic carbocycles. The number of aromatic nitrogens is 2. The van der Waals surface area contributed by atoms with Crippen LogP contribution in [0.15, 0.2) is 42.7 Å². The Morgan fingerprint density at radius 2 is 1.90 bits per heavy atom. The van der Waals surface area contributed by atoms with E-state index in [0.717, 1.165) is 19.6 Å². The van der Waals surface area contributed by atoms with E-state index in [2.05, 4.69) is 59.6 Å². The summed E-state index contributed by atoms with van der Waals surface area (Å²) < 4.78 is 10.2. The summed E-state index contributed by atoms with van der Waals surface area (Å²) in [6.07, 6.45) is 6.51. The maximum Gasteiger partial charge on any atom is 0.290 e. The molecule has 0 fully saturated rings. The van der Waals surface area contributed by atoms with Crippen molar-refractivity contribution < 1.29 is 21.7 Å². The number of hydrogen-bond donors (Lipinski definition) is 0. The van der Waals surface area contributed by atoms with E-state index in [-0.39, 0.29) is 12.4 Å². The minimum atomic E-state index is 0. The molecule has 1 aromatic heterocycles. The molecule has 0 aliphatic carbocycles. The largest absolute Gasteiger partial charge is 1.00 e. The van der Waals surface area contributed by atoms with Crippen molar-refractivity contribution in [2.75, 3.05) is 6.61 Å². The Bertz CT molecular complexity index is 496. The second-order valence-corrected chi connectivity index (χ2v) is 4.63. The number of nitrogens with zero attached hydrogens (tertiary/aromatic N) is 2. The first-order valence-electron chi connectivity index (χ1n) is 7.08. The van der Waals surface area contributed by atoms with Crippen molar-refractivity contribution in [3.63, 3.8) is 0 Å². The molecule has 2 rings (SSSR count). The minimum Gasteiger partial charge on any atom is -1.00 e. The van der Waals surface area contributed by atoms with Crippen molar-refractivity contribution in [3.05, 3.63) is 42.7 Å². The zero-order valence-corrected chi connectivity index (χ0v) is 13.0. The molecule has 20 heavy (non-hydrogen) atoms. The second-order valence-electron chi connectivity index (χ2n) is 4.63. The van der Waals surface area contributed by atoms with Crippen LogP contribution in [0.5, 0.6) is 0 Å². The molecule has 4 heteroatoms. The highest BCUT2D eigenvalue weighted by Crippen LogP contribution is 2.15. The molecular formula is C16H23ClN2O. The third-order valence-electron chi connectivity index (χ3n) is 3.22. The van der Waals surface area contributed by atoms with Gasteiger partial charge >= 0.3 is 0 Å². The lowest BCUT2D eigenvalue weighted by Crippen LogP contribution is -3.00. The molecule has 0 radical (unpaired) electrons. The SMILES string of the molecule is CCCCOC[n+]1ccn(CC)c1-c1ccccc1.[Cl-]. The Labute approximate surface area is 127 Å². The van der Waals surface area contributed by atoms with Gasteiger partial charge < -0.3 is 17.1 Å². The van der Waals surface area contributed by atoms with Crippen molar-refractivity contribution in [1.29, 1.82) is 0 Å². The lowest BCUT2D eigenvalue weighted by atomic mass is 10.2. The quantitative estimate of drug-likeness (QED) is 0.528. The van der Waals surface area contributed by atoms with Crippen molar-refractivity contribution in [2.24, 2.45) is 0 Å². The van der Waals surface area contributed by atoms with E-state index in [1.54, 1.807) is 0 Å². The van der Waals surface area contributed by atoms with Crippen LogP contribution in [-0.2, 0) is 18.0 Å². The number of halogens is 1. The average Bonchev–Trinajstić information content (AvgIpc) is 2.87. The zero-order valence-electron chi connectivity index (χ0n) is 12.3. The van der Waals surface area contributed by atoms with Crippen molar-refractivity contribution in [1.82, 2.24) is 4.57 Å². The molecule has 1 heterocycles. The van der Waals surface area contributed by atoms with Crippen LogP contribution >= 0.6 is 0 Å². The van der Waals surface area contributed by atoms with Crippen LogP contribution in [0.25, 0.3) is 11.4 Å². The highest BCUT2D eigenvalue weighted by molar-refractivity contribution is 5.52. The Morgan fingerprint density at radius 1 is 1.15 bits per heavy atom. The number of aryl methyl sites for hydroxylation is 1. The zero-order chi connectivity index (χ0) is 13.5. The van der Waals surface area contributed by atoms with Gasteiger partial charge in [-0.3, -0.25) is 0 Å². The van der Waals surface area contributed by atoms with Gasteiger partial charge in [0.05, 0.1) is 18.7 Å². The van der Waals surface area contributed by atoms with Gasteiger partial charge in [0.1, 0.15) is 12.4 Å². The van der Waals surface area contributed by atoms with Gasteiger partial charge in [-0.05, 0) is 25.5 Å². The van der Waals surface area contributed by atoms with Gasteiger partial charge in [-0.25, -0.2) is 9.13 Å². The molecule has 0 unspecified atom stereocenters. The van der Waals surface area contributed by atoms with Crippen molar-refractivity contribution in [3.8, 4) is 11.4 Å². The monoisotopic (exact) mass is 294 g/mol. The van der Waals surface area contributed by atoms with Crippen LogP contribution < -0.4 is 17.0 Å². The first-order valence-corrected chi connectivity index (χ1v) is 7.08. The standard InChI is InChI=1S/C16H23N2O.ClH/c1-3-5-13-19-14-18-12-11-17(4-2)16(18)15-9-7-6-8-10-15;/h6-12H,3-5,13-14H2,1-2H3;1H/q+1;/p-1. The Hall–Kier alpha value is -1.32. The van der Waals surface area contributed by atoms with Crippen LogP contribution in [0, 0.1) is 0 Å². The summed E-state index contributed by atoms with van der Waals surface area (Å²) in [6, 6.07) is 10.5. The molecule has 0 bridgehead atoms. The number of benzene rings is 1. The number of rotatable bonds is 7. The van der Waals surface area contributed by atoms with Crippen molar-refractivity contribution in [2.45, 2.75) is 40.0 Å². The Balaban J connectivity index is 0.00000200. The highest BCUT2D eigenvalue weighted by atomic mass is 35.5. The molecule has 2 aromatic rings. The maximum atomic E-state index is 5.73. The van der Waals surface area contributed by atoms with E-state index in [1.807, 2.05) is 6.07 Å². The van der Waals surface area contributed by atoms with E-state index >= 15 is 0 Å². The van der Waals surface area contributed by atoms with E-state index in [1.165, 1.54) is 17.8 Å². The summed E-state index contributed by atoms with van der Waals surface area (Å²) in [5.74, 6) is 1.21. The average molecular weight is 295 g/mol. The lowest BCUT2D eigenvalue weighted by molar-refractivity contribution is -0.722. The van der Waals surface area contributed by atoms with E-state index in [9.17, 15) is 0 Å². The predicted molar refractivity (Wildman–Crippen MR) is 76.6 cm³/mol. The summed E-state index contributed by atoms with van der Waals surface area (Å²) in [7, 11) is 0. The van der Waals surface area contributed by atoms with E-state index < -0.39 is 0 Å². The molecule has 0 spiro atoms. The first-order chi connectivity index (χ1) is 9.36. The molecule has 0 aliphatic heterocycles. The van der Waals surface area contributed by atoms with Gasteiger partial charge in [-0.15, -0.1) is 0 Å². The van der Waals surface area contributed by atoms with Gasteiger partial charge in [0, 0.05) is 0 Å². The summed E-state index contributed by atoms with van der Waals surface area (Å²) in [4.78, 5) is 0. The van der Waals surface area contributed by atoms with Gasteiger partial charge in [-0.1, -0.05) is 31.5 Å². The van der Waals surface area contributed by atoms with E-state index in [4.69, 9.17) is 4.74 Å². The molecule has 110 valence electrons. The third-order valence-corrected chi connectivity index (χ3v) is 3.22. The molecule has 0 amide bonds. The van der Waals surface area contributed by atoms with Gasteiger partial charge in [-0.2, -0.15) is 0 Å². The fraction of sp³-hybridized carbons (Fsp3) is 0.438. The van der Waals surface area contributed by atoms with Gasteiger partial charge in [0.25, 0.3) is 5.82 Å². The fourth-order valence-corrected chi connectivity index (χ4v) is 2.15. The summed E-state index contributed by atoms with van der Waals surface area (Å²) in [6.45, 7) is 6.76. The normalized spacial score (nSPS) is 10.3. The summed E-state index contributed by atoms with van der Waals surface area (Å²) in [5.41, 5.74) is 1.23. The van der Waals surface area contributed by atoms with Crippen LogP contribution in [-0.4, -0.2) is 11.2 Å². The predicted octanol–water partition coefficient (Wildman–Crippen LogP) is 0.241. The van der Waals surface area contributed by atoms with Crippen molar-refractivity contribution >= 4 is 0 Å². The number of unbranched alkanes of at least 4 members (excludes halogenated alkanes) is 1. The molecule has 0 saturated heterocycles. The molecule has 3 nitrogen and oxygen atoms in total. The van der Waals surface area contributed by atoms with Crippen LogP contribution in [0.4, 0.5) is 0 Å². The first kappa shape index (κ1) is 16.7. The Kier molecular flexibility index (Phi) is 7.34. The summed E-state index contributed by atoms with van der Waals surface area (Å²) in [5, 5.41) is 0. The minimum absolute atomic E-state index is 0. The fourth-order valence-electron chi connectivity index (χ4n) is 2.15. The van der Waals surface area contributed by atoms with Gasteiger partial charge in [0.15, 0.2) is 6.73 Å². The molecule has 0 aliphatic rings. The topological polar surface area (TPSA) is 18.0 Å². The second kappa shape index (κ2) is 8.77. The number of imidazole rings is 1. The third kappa shape index (κ3) is 4.09. The molecular weight excluding hydrogens is 272 g/mol. The van der Waals surface area contributed by atoms with Crippen LogP contribution in [0.2, 0.25) is 0 Å². The number of ether oxygens (including phenoxy) is 1.